The molecule has 2 amide bonds. The van der Waals surface area contributed by atoms with Crippen molar-refractivity contribution in [3.8, 4) is 11.9 Å². The number of sulfonamides is 1. The summed E-state index contributed by atoms with van der Waals surface area (Å²) in [4.78, 5) is 28.7. The first-order valence-corrected chi connectivity index (χ1v) is 10.3. The van der Waals surface area contributed by atoms with Gasteiger partial charge in [0, 0.05) is 38.2 Å². The molecule has 3 rings (SSSR count). The average Bonchev–Trinajstić information content (AvgIpc) is 3.11. The Balaban J connectivity index is 1.56. The second kappa shape index (κ2) is 8.02. The maximum atomic E-state index is 12.5. The Hall–Kier alpha value is -2.51. The van der Waals surface area contributed by atoms with Crippen LogP contribution in [0.4, 0.5) is 0 Å². The molecule has 1 aromatic rings. The van der Waals surface area contributed by atoms with Crippen LogP contribution in [0.15, 0.2) is 18.3 Å². The van der Waals surface area contributed by atoms with Crippen LogP contribution in [0.3, 0.4) is 0 Å². The lowest BCUT2D eigenvalue weighted by Crippen LogP contribution is -2.44. The van der Waals surface area contributed by atoms with Gasteiger partial charge in [-0.1, -0.05) is 0 Å². The monoisotopic (exact) mass is 392 g/mol. The topological polar surface area (TPSA) is 121 Å². The number of ether oxygens (including phenoxy) is 1. The maximum absolute atomic E-state index is 12.5. The number of carbonyl (C=O) groups excluding carboxylic acids is 2. The van der Waals surface area contributed by atoms with Gasteiger partial charge in [0.15, 0.2) is 0 Å². The van der Waals surface area contributed by atoms with E-state index in [2.05, 4.69) is 4.98 Å². The molecule has 0 aromatic carbocycles. The first kappa shape index (κ1) is 19.3. The molecule has 0 saturated carbocycles. The Kier molecular flexibility index (Phi) is 5.72. The van der Waals surface area contributed by atoms with Gasteiger partial charge in [0.05, 0.1) is 23.9 Å². The van der Waals surface area contributed by atoms with E-state index < -0.39 is 10.0 Å². The third kappa shape index (κ3) is 4.61. The van der Waals surface area contributed by atoms with Crippen molar-refractivity contribution in [1.82, 2.24) is 14.2 Å². The van der Waals surface area contributed by atoms with Crippen LogP contribution in [-0.4, -0.2) is 65.9 Å². The molecule has 10 heteroatoms. The lowest BCUT2D eigenvalue weighted by Gasteiger charge is -2.25. The third-order valence-corrected chi connectivity index (χ3v) is 6.43. The molecular weight excluding hydrogens is 372 g/mol. The van der Waals surface area contributed by atoms with Crippen molar-refractivity contribution in [3.63, 3.8) is 0 Å². The molecule has 1 aromatic heterocycles. The summed E-state index contributed by atoms with van der Waals surface area (Å²) in [6, 6.07) is 5.06. The van der Waals surface area contributed by atoms with Crippen LogP contribution in [0.2, 0.25) is 0 Å². The summed E-state index contributed by atoms with van der Waals surface area (Å²) in [7, 11) is -3.61. The molecule has 2 aliphatic rings. The summed E-state index contributed by atoms with van der Waals surface area (Å²) in [5, 5.41) is 8.90. The molecule has 2 saturated heterocycles. The number of pyridine rings is 1. The molecule has 2 aliphatic heterocycles. The van der Waals surface area contributed by atoms with E-state index in [1.165, 1.54) is 16.6 Å². The fraction of sp³-hybridized carbons (Fsp3) is 0.529. The predicted molar refractivity (Wildman–Crippen MR) is 93.9 cm³/mol. The van der Waals surface area contributed by atoms with Gasteiger partial charge in [-0.3, -0.25) is 14.5 Å². The minimum atomic E-state index is -3.61. The van der Waals surface area contributed by atoms with Gasteiger partial charge in [0.2, 0.25) is 27.7 Å². The quantitative estimate of drug-likeness (QED) is 0.637. The lowest BCUT2D eigenvalue weighted by atomic mass is 10.1. The Labute approximate surface area is 157 Å². The van der Waals surface area contributed by atoms with Crippen LogP contribution in [0, 0.1) is 11.3 Å². The Morgan fingerprint density at radius 2 is 2.04 bits per heavy atom. The molecule has 2 fully saturated rings. The van der Waals surface area contributed by atoms with Crippen molar-refractivity contribution in [2.24, 2.45) is 0 Å². The van der Waals surface area contributed by atoms with E-state index in [-0.39, 0.29) is 55.5 Å². The van der Waals surface area contributed by atoms with Gasteiger partial charge in [-0.25, -0.2) is 13.4 Å². The van der Waals surface area contributed by atoms with Crippen LogP contribution < -0.4 is 4.74 Å². The minimum Gasteiger partial charge on any atom is -0.473 e. The van der Waals surface area contributed by atoms with Crippen LogP contribution in [0.25, 0.3) is 0 Å². The molecule has 144 valence electrons. The summed E-state index contributed by atoms with van der Waals surface area (Å²) < 4.78 is 32.1. The van der Waals surface area contributed by atoms with E-state index in [1.54, 1.807) is 6.07 Å². The maximum Gasteiger partial charge on any atom is 0.229 e. The van der Waals surface area contributed by atoms with Crippen molar-refractivity contribution in [1.29, 1.82) is 5.26 Å². The van der Waals surface area contributed by atoms with Crippen molar-refractivity contribution in [2.45, 2.75) is 31.8 Å². The summed E-state index contributed by atoms with van der Waals surface area (Å²) in [6.07, 6.45) is 2.68. The molecule has 0 bridgehead atoms. The van der Waals surface area contributed by atoms with Gasteiger partial charge in [0.1, 0.15) is 6.10 Å². The molecule has 27 heavy (non-hydrogen) atoms. The van der Waals surface area contributed by atoms with Crippen LogP contribution in [0.5, 0.6) is 5.88 Å². The van der Waals surface area contributed by atoms with Crippen molar-refractivity contribution < 1.29 is 22.7 Å². The number of nitriles is 1. The summed E-state index contributed by atoms with van der Waals surface area (Å²) in [6.45, 7) is 0.351. The van der Waals surface area contributed by atoms with Gasteiger partial charge in [-0.05, 0) is 18.9 Å². The number of rotatable bonds is 6. The van der Waals surface area contributed by atoms with Crippen molar-refractivity contribution in [3.05, 3.63) is 23.9 Å². The van der Waals surface area contributed by atoms with Gasteiger partial charge in [0.25, 0.3) is 0 Å². The first-order chi connectivity index (χ1) is 12.9. The first-order valence-electron chi connectivity index (χ1n) is 8.73. The Morgan fingerprint density at radius 3 is 2.74 bits per heavy atom. The van der Waals surface area contributed by atoms with Crippen molar-refractivity contribution in [2.75, 3.05) is 25.4 Å². The van der Waals surface area contributed by atoms with E-state index in [4.69, 9.17) is 10.00 Å². The number of imide groups is 1. The average molecular weight is 392 g/mol. The normalized spacial score (nSPS) is 21.3. The van der Waals surface area contributed by atoms with E-state index in [1.807, 2.05) is 6.07 Å². The highest BCUT2D eigenvalue weighted by molar-refractivity contribution is 7.89. The van der Waals surface area contributed by atoms with Crippen molar-refractivity contribution >= 4 is 21.8 Å². The molecule has 9 nitrogen and oxygen atoms in total. The van der Waals surface area contributed by atoms with E-state index in [9.17, 15) is 18.0 Å². The highest BCUT2D eigenvalue weighted by Gasteiger charge is 2.34. The number of hydrogen-bond donors (Lipinski definition) is 0. The van der Waals surface area contributed by atoms with Gasteiger partial charge < -0.3 is 4.74 Å². The fourth-order valence-corrected chi connectivity index (χ4v) is 4.59. The number of piperidine rings is 1. The van der Waals surface area contributed by atoms with E-state index >= 15 is 0 Å². The number of amides is 2. The number of hydrogen-bond acceptors (Lipinski definition) is 7. The number of nitrogens with zero attached hydrogens (tertiary/aromatic N) is 4. The van der Waals surface area contributed by atoms with Gasteiger partial charge >= 0.3 is 0 Å². The van der Waals surface area contributed by atoms with Crippen LogP contribution in [0.1, 0.15) is 31.2 Å². The standard InChI is InChI=1S/C17H20N4O5S/c18-11-13-4-6-19-15(10-13)26-14-5-7-20(12-14)27(24,25)9-8-21-16(22)2-1-3-17(21)23/h4,6,10,14H,1-3,5,7-9,12H2. The smallest absolute Gasteiger partial charge is 0.229 e. The number of likely N-dealkylation sites (tertiary alicyclic amines) is 1. The second-order valence-electron chi connectivity index (χ2n) is 6.49. The van der Waals surface area contributed by atoms with E-state index in [0.29, 0.717) is 24.9 Å². The zero-order chi connectivity index (χ0) is 19.4. The molecule has 1 unspecified atom stereocenters. The molecule has 3 heterocycles. The molecule has 1 atom stereocenters. The lowest BCUT2D eigenvalue weighted by molar-refractivity contribution is -0.147. The second-order valence-corrected chi connectivity index (χ2v) is 8.58. The van der Waals surface area contributed by atoms with Gasteiger partial charge in [-0.15, -0.1) is 0 Å². The largest absolute Gasteiger partial charge is 0.473 e. The summed E-state index contributed by atoms with van der Waals surface area (Å²) in [5.74, 6) is -0.637. The fourth-order valence-electron chi connectivity index (χ4n) is 3.15. The summed E-state index contributed by atoms with van der Waals surface area (Å²) >= 11 is 0. The third-order valence-electron chi connectivity index (χ3n) is 4.61. The highest BCUT2D eigenvalue weighted by Crippen LogP contribution is 2.20. The number of carbonyl (C=O) groups is 2. The Bertz CT molecular complexity index is 864. The zero-order valence-corrected chi connectivity index (χ0v) is 15.5. The molecular formula is C17H20N4O5S. The molecule has 0 aliphatic carbocycles. The van der Waals surface area contributed by atoms with Crippen LogP contribution in [-0.2, 0) is 19.6 Å². The minimum absolute atomic E-state index is 0.117. The Morgan fingerprint density at radius 1 is 1.30 bits per heavy atom. The van der Waals surface area contributed by atoms with Crippen LogP contribution >= 0.6 is 0 Å². The predicted octanol–water partition coefficient (Wildman–Crippen LogP) is 0.275. The SMILES string of the molecule is N#Cc1ccnc(OC2CCN(S(=O)(=O)CCN3C(=O)CCCC3=O)C2)c1. The zero-order valence-electron chi connectivity index (χ0n) is 14.7. The number of aromatic nitrogens is 1. The summed E-state index contributed by atoms with van der Waals surface area (Å²) in [5.41, 5.74) is 0.415. The highest BCUT2D eigenvalue weighted by atomic mass is 32.2. The molecule has 0 spiro atoms. The van der Waals surface area contributed by atoms with E-state index in [0.717, 1.165) is 4.90 Å². The molecule has 0 radical (unpaired) electrons. The van der Waals surface area contributed by atoms with Gasteiger partial charge in [-0.2, -0.15) is 9.57 Å². The molecule has 0 N–H and O–H groups in total.